The van der Waals surface area contributed by atoms with Crippen LogP contribution in [0.2, 0.25) is 0 Å². The van der Waals surface area contributed by atoms with Gasteiger partial charge in [-0.3, -0.25) is 4.79 Å². The Balaban J connectivity index is 1.94. The van der Waals surface area contributed by atoms with Gasteiger partial charge in [0.05, 0.1) is 16.1 Å². The number of thiazole rings is 1. The van der Waals surface area contributed by atoms with Crippen LogP contribution in [0.5, 0.6) is 0 Å². The van der Waals surface area contributed by atoms with Crippen molar-refractivity contribution in [3.8, 4) is 0 Å². The summed E-state index contributed by atoms with van der Waals surface area (Å²) >= 11 is 1.33. The van der Waals surface area contributed by atoms with Crippen molar-refractivity contribution in [1.82, 2.24) is 9.29 Å². The van der Waals surface area contributed by atoms with Crippen LogP contribution in [0.1, 0.15) is 34.8 Å². The van der Waals surface area contributed by atoms with Crippen molar-refractivity contribution in [2.45, 2.75) is 32.1 Å². The van der Waals surface area contributed by atoms with Gasteiger partial charge in [0.2, 0.25) is 10.0 Å². The summed E-state index contributed by atoms with van der Waals surface area (Å²) in [6, 6.07) is 5.04. The second-order valence-electron chi connectivity index (χ2n) is 5.85. The summed E-state index contributed by atoms with van der Waals surface area (Å²) in [6.45, 7) is 6.90. The molecule has 2 heterocycles. The molecule has 8 heteroatoms. The zero-order valence-corrected chi connectivity index (χ0v) is 16.2. The van der Waals surface area contributed by atoms with Crippen molar-refractivity contribution in [2.24, 2.45) is 0 Å². The van der Waals surface area contributed by atoms with Crippen LogP contribution in [0.15, 0.2) is 28.6 Å². The molecule has 0 unspecified atom stereocenters. The number of fused-ring (bicyclic) bond motifs is 1. The number of rotatable bonds is 5. The molecule has 1 aromatic heterocycles. The molecule has 0 spiro atoms. The van der Waals surface area contributed by atoms with Gasteiger partial charge >= 0.3 is 0 Å². The number of aromatic nitrogens is 1. The van der Waals surface area contributed by atoms with Crippen LogP contribution >= 0.6 is 11.3 Å². The predicted octanol–water partition coefficient (Wildman–Crippen LogP) is 2.68. The third-order valence-electron chi connectivity index (χ3n) is 4.47. The molecule has 0 bridgehead atoms. The topological polar surface area (TPSA) is 70.6 Å². The van der Waals surface area contributed by atoms with Crippen LogP contribution in [0.4, 0.5) is 5.69 Å². The van der Waals surface area contributed by atoms with Gasteiger partial charge < -0.3 is 4.90 Å². The quantitative estimate of drug-likeness (QED) is 0.801. The first kappa shape index (κ1) is 18.0. The Morgan fingerprint density at radius 2 is 2.04 bits per heavy atom. The number of sulfonamides is 1. The number of hydrogen-bond donors (Lipinski definition) is 0. The van der Waals surface area contributed by atoms with E-state index in [1.165, 1.54) is 15.6 Å². The first-order valence-electron chi connectivity index (χ1n) is 8.25. The molecule has 0 aliphatic carbocycles. The van der Waals surface area contributed by atoms with Gasteiger partial charge in [0.25, 0.3) is 5.91 Å². The van der Waals surface area contributed by atoms with E-state index in [1.54, 1.807) is 28.6 Å². The fourth-order valence-electron chi connectivity index (χ4n) is 3.09. The molecular weight excluding hydrogens is 358 g/mol. The average molecular weight is 380 g/mol. The lowest BCUT2D eigenvalue weighted by atomic mass is 10.2. The minimum absolute atomic E-state index is 0.0712. The van der Waals surface area contributed by atoms with Crippen molar-refractivity contribution in [3.05, 3.63) is 39.8 Å². The van der Waals surface area contributed by atoms with Gasteiger partial charge in [-0.05, 0) is 37.1 Å². The normalized spacial score (nSPS) is 14.2. The van der Waals surface area contributed by atoms with Gasteiger partial charge in [0, 0.05) is 25.3 Å². The standard InChI is InChI=1S/C17H21N3O3S2/c1-4-19(5-2)25(22,23)14-6-7-15-13(10-14)8-9-20(15)17(21)16-12(3)18-11-24-16/h6-7,10-11H,4-5,8-9H2,1-3H3. The number of anilines is 1. The maximum absolute atomic E-state index is 12.7. The Hall–Kier alpha value is -1.77. The van der Waals surface area contributed by atoms with Crippen LogP contribution in [0.3, 0.4) is 0 Å². The number of aryl methyl sites for hydroxylation is 1. The lowest BCUT2D eigenvalue weighted by Crippen LogP contribution is -2.30. The minimum atomic E-state index is -3.49. The Morgan fingerprint density at radius 3 is 2.64 bits per heavy atom. The number of benzene rings is 1. The molecule has 6 nitrogen and oxygen atoms in total. The van der Waals surface area contributed by atoms with Crippen LogP contribution in [0.25, 0.3) is 0 Å². The molecule has 1 aliphatic rings. The fraction of sp³-hybridized carbons (Fsp3) is 0.412. The average Bonchev–Trinajstić information content (AvgIpc) is 3.20. The molecule has 0 fully saturated rings. The minimum Gasteiger partial charge on any atom is -0.307 e. The largest absolute Gasteiger partial charge is 0.307 e. The van der Waals surface area contributed by atoms with E-state index in [0.717, 1.165) is 16.9 Å². The zero-order valence-electron chi connectivity index (χ0n) is 14.5. The Labute approximate surface area is 152 Å². The molecule has 0 saturated heterocycles. The van der Waals surface area contributed by atoms with Crippen molar-refractivity contribution in [1.29, 1.82) is 0 Å². The molecule has 134 valence electrons. The lowest BCUT2D eigenvalue weighted by molar-refractivity contribution is 0.0992. The molecule has 0 radical (unpaired) electrons. The molecule has 1 aliphatic heterocycles. The van der Waals surface area contributed by atoms with Crippen LogP contribution in [-0.4, -0.2) is 43.2 Å². The first-order valence-corrected chi connectivity index (χ1v) is 10.6. The predicted molar refractivity (Wildman–Crippen MR) is 98.8 cm³/mol. The number of nitrogens with zero attached hydrogens (tertiary/aromatic N) is 3. The van der Waals surface area contributed by atoms with Crippen molar-refractivity contribution in [3.63, 3.8) is 0 Å². The number of amides is 1. The third kappa shape index (κ3) is 3.09. The van der Waals surface area contributed by atoms with Gasteiger partial charge in [-0.25, -0.2) is 13.4 Å². The summed E-state index contributed by atoms with van der Waals surface area (Å²) in [4.78, 5) is 19.5. The van der Waals surface area contributed by atoms with E-state index >= 15 is 0 Å². The number of hydrogen-bond acceptors (Lipinski definition) is 5. The van der Waals surface area contributed by atoms with Gasteiger partial charge in [-0.1, -0.05) is 13.8 Å². The Morgan fingerprint density at radius 1 is 1.32 bits per heavy atom. The summed E-state index contributed by atoms with van der Waals surface area (Å²) in [7, 11) is -3.49. The molecule has 0 N–H and O–H groups in total. The third-order valence-corrected chi connectivity index (χ3v) is 7.44. The highest BCUT2D eigenvalue weighted by molar-refractivity contribution is 7.89. The molecule has 3 rings (SSSR count). The lowest BCUT2D eigenvalue weighted by Gasteiger charge is -2.20. The fourth-order valence-corrected chi connectivity index (χ4v) is 5.35. The summed E-state index contributed by atoms with van der Waals surface area (Å²) in [5.41, 5.74) is 4.07. The second kappa shape index (κ2) is 6.86. The van der Waals surface area contributed by atoms with Gasteiger partial charge in [-0.15, -0.1) is 11.3 Å². The van der Waals surface area contributed by atoms with Gasteiger partial charge in [0.15, 0.2) is 0 Å². The Kier molecular flexibility index (Phi) is 4.95. The van der Waals surface area contributed by atoms with E-state index in [-0.39, 0.29) is 5.91 Å². The maximum Gasteiger partial charge on any atom is 0.270 e. The van der Waals surface area contributed by atoms with E-state index in [4.69, 9.17) is 0 Å². The Bertz CT molecular complexity index is 902. The number of carbonyl (C=O) groups is 1. The van der Waals surface area contributed by atoms with Crippen LogP contribution < -0.4 is 4.90 Å². The molecule has 1 aromatic carbocycles. The van der Waals surface area contributed by atoms with Crippen molar-refractivity contribution < 1.29 is 13.2 Å². The van der Waals surface area contributed by atoms with E-state index in [9.17, 15) is 13.2 Å². The van der Waals surface area contributed by atoms with E-state index in [2.05, 4.69) is 4.98 Å². The smallest absolute Gasteiger partial charge is 0.270 e. The van der Waals surface area contributed by atoms with Crippen molar-refractivity contribution >= 4 is 33.0 Å². The van der Waals surface area contributed by atoms with Crippen LogP contribution in [0, 0.1) is 6.92 Å². The summed E-state index contributed by atoms with van der Waals surface area (Å²) in [5.74, 6) is -0.0712. The first-order chi connectivity index (χ1) is 11.9. The van der Waals surface area contributed by atoms with Gasteiger partial charge in [-0.2, -0.15) is 4.31 Å². The SMILES string of the molecule is CCN(CC)S(=O)(=O)c1ccc2c(c1)CCN2C(=O)c1scnc1C. The monoisotopic (exact) mass is 379 g/mol. The molecule has 2 aromatic rings. The molecule has 0 atom stereocenters. The molecule has 0 saturated carbocycles. The highest BCUT2D eigenvalue weighted by atomic mass is 32.2. The second-order valence-corrected chi connectivity index (χ2v) is 8.65. The van der Waals surface area contributed by atoms with Crippen molar-refractivity contribution in [2.75, 3.05) is 24.5 Å². The van der Waals surface area contributed by atoms with E-state index in [1.807, 2.05) is 20.8 Å². The summed E-state index contributed by atoms with van der Waals surface area (Å²) in [5, 5.41) is 0. The van der Waals surface area contributed by atoms with Crippen LogP contribution in [-0.2, 0) is 16.4 Å². The molecule has 25 heavy (non-hydrogen) atoms. The molecular formula is C17H21N3O3S2. The maximum atomic E-state index is 12.7. The highest BCUT2D eigenvalue weighted by Crippen LogP contribution is 2.33. The summed E-state index contributed by atoms with van der Waals surface area (Å²) in [6.07, 6.45) is 0.653. The van der Waals surface area contributed by atoms with E-state index < -0.39 is 10.0 Å². The van der Waals surface area contributed by atoms with E-state index in [0.29, 0.717) is 35.8 Å². The highest BCUT2D eigenvalue weighted by Gasteiger charge is 2.30. The molecule has 1 amide bonds. The summed E-state index contributed by atoms with van der Waals surface area (Å²) < 4.78 is 26.8. The number of carbonyl (C=O) groups excluding carboxylic acids is 1. The van der Waals surface area contributed by atoms with Gasteiger partial charge in [0.1, 0.15) is 4.88 Å². The zero-order chi connectivity index (χ0) is 18.2.